The molecule has 2 rings (SSSR count). The van der Waals surface area contributed by atoms with Gasteiger partial charge in [0.1, 0.15) is 12.4 Å². The van der Waals surface area contributed by atoms with E-state index in [-0.39, 0.29) is 0 Å². The molecule has 0 unspecified atom stereocenters. The Kier molecular flexibility index (Phi) is 4.56. The second-order valence-electron chi connectivity index (χ2n) is 3.91. The maximum Gasteiger partial charge on any atom is 0.138 e. The molecular weight excluding hydrogens is 248 g/mol. The highest BCUT2D eigenvalue weighted by Gasteiger charge is 2.01. The molecule has 0 aliphatic rings. The fourth-order valence-electron chi connectivity index (χ4n) is 1.56. The van der Waals surface area contributed by atoms with E-state index < -0.39 is 0 Å². The molecule has 0 saturated heterocycles. The highest BCUT2D eigenvalue weighted by molar-refractivity contribution is 6.32. The van der Waals surface area contributed by atoms with Crippen molar-refractivity contribution in [2.24, 2.45) is 0 Å². The molecule has 0 atom stereocenters. The standard InChI is InChI=1S/C14H15ClN2O/c1-16-8-11-6-7-12(17-9-11)10-18-14-5-3-2-4-13(14)15/h2-7,9,16H,8,10H2,1H3. The van der Waals surface area contributed by atoms with E-state index in [2.05, 4.69) is 10.3 Å². The van der Waals surface area contributed by atoms with Crippen LogP contribution in [0.4, 0.5) is 0 Å². The van der Waals surface area contributed by atoms with Crippen molar-refractivity contribution in [3.8, 4) is 5.75 Å². The monoisotopic (exact) mass is 262 g/mol. The van der Waals surface area contributed by atoms with Gasteiger partial charge in [-0.3, -0.25) is 4.98 Å². The molecule has 0 aliphatic carbocycles. The van der Waals surface area contributed by atoms with Crippen LogP contribution in [-0.2, 0) is 13.2 Å². The van der Waals surface area contributed by atoms with Crippen LogP contribution in [0.3, 0.4) is 0 Å². The van der Waals surface area contributed by atoms with E-state index >= 15 is 0 Å². The van der Waals surface area contributed by atoms with Crippen molar-refractivity contribution in [3.05, 3.63) is 58.9 Å². The number of aromatic nitrogens is 1. The first-order valence-corrected chi connectivity index (χ1v) is 6.13. The number of ether oxygens (including phenoxy) is 1. The van der Waals surface area contributed by atoms with Gasteiger partial charge in [-0.2, -0.15) is 0 Å². The highest BCUT2D eigenvalue weighted by Crippen LogP contribution is 2.23. The van der Waals surface area contributed by atoms with Crippen LogP contribution >= 0.6 is 11.6 Å². The summed E-state index contributed by atoms with van der Waals surface area (Å²) < 4.78 is 5.61. The molecular formula is C14H15ClN2O. The van der Waals surface area contributed by atoms with Gasteiger partial charge in [0.15, 0.2) is 0 Å². The van der Waals surface area contributed by atoms with Gasteiger partial charge in [-0.05, 0) is 30.8 Å². The Morgan fingerprint density at radius 1 is 1.22 bits per heavy atom. The third-order valence-corrected chi connectivity index (χ3v) is 2.79. The van der Waals surface area contributed by atoms with Crippen LogP contribution in [0.25, 0.3) is 0 Å². The number of nitrogens with zero attached hydrogens (tertiary/aromatic N) is 1. The zero-order valence-electron chi connectivity index (χ0n) is 10.2. The van der Waals surface area contributed by atoms with Crippen molar-refractivity contribution in [2.45, 2.75) is 13.2 Å². The lowest BCUT2D eigenvalue weighted by atomic mass is 10.2. The summed E-state index contributed by atoms with van der Waals surface area (Å²) in [4.78, 5) is 4.33. The van der Waals surface area contributed by atoms with E-state index in [9.17, 15) is 0 Å². The Hall–Kier alpha value is -1.58. The molecule has 0 bridgehead atoms. The van der Waals surface area contributed by atoms with Crippen molar-refractivity contribution in [2.75, 3.05) is 7.05 Å². The summed E-state index contributed by atoms with van der Waals surface area (Å²) in [6, 6.07) is 11.4. The zero-order valence-corrected chi connectivity index (χ0v) is 10.9. The number of rotatable bonds is 5. The van der Waals surface area contributed by atoms with Crippen LogP contribution < -0.4 is 10.1 Å². The maximum atomic E-state index is 6.00. The minimum Gasteiger partial charge on any atom is -0.486 e. The van der Waals surface area contributed by atoms with Gasteiger partial charge in [0.05, 0.1) is 10.7 Å². The summed E-state index contributed by atoms with van der Waals surface area (Å²) in [5, 5.41) is 3.70. The van der Waals surface area contributed by atoms with Gasteiger partial charge in [-0.25, -0.2) is 0 Å². The van der Waals surface area contributed by atoms with Crippen LogP contribution in [0.15, 0.2) is 42.6 Å². The third-order valence-electron chi connectivity index (χ3n) is 2.48. The largest absolute Gasteiger partial charge is 0.486 e. The molecule has 0 aliphatic heterocycles. The lowest BCUT2D eigenvalue weighted by Crippen LogP contribution is -2.06. The smallest absolute Gasteiger partial charge is 0.138 e. The Morgan fingerprint density at radius 2 is 2.06 bits per heavy atom. The molecule has 18 heavy (non-hydrogen) atoms. The summed E-state index contributed by atoms with van der Waals surface area (Å²) in [6.45, 7) is 1.24. The molecule has 0 fully saturated rings. The summed E-state index contributed by atoms with van der Waals surface area (Å²) >= 11 is 6.00. The molecule has 0 saturated carbocycles. The lowest BCUT2D eigenvalue weighted by Gasteiger charge is -2.07. The predicted molar refractivity (Wildman–Crippen MR) is 72.8 cm³/mol. The number of nitrogens with one attached hydrogen (secondary N) is 1. The number of para-hydroxylation sites is 1. The predicted octanol–water partition coefficient (Wildman–Crippen LogP) is 3.03. The molecule has 2 aromatic rings. The normalized spacial score (nSPS) is 10.3. The Morgan fingerprint density at radius 3 is 2.72 bits per heavy atom. The first kappa shape index (κ1) is 12.9. The van der Waals surface area contributed by atoms with Crippen LogP contribution in [-0.4, -0.2) is 12.0 Å². The van der Waals surface area contributed by atoms with E-state index in [0.717, 1.165) is 17.8 Å². The number of pyridine rings is 1. The molecule has 0 amide bonds. The second kappa shape index (κ2) is 6.38. The van der Waals surface area contributed by atoms with Crippen LogP contribution in [0.5, 0.6) is 5.75 Å². The molecule has 1 N–H and O–H groups in total. The lowest BCUT2D eigenvalue weighted by molar-refractivity contribution is 0.301. The van der Waals surface area contributed by atoms with Crippen molar-refractivity contribution in [1.82, 2.24) is 10.3 Å². The summed E-state index contributed by atoms with van der Waals surface area (Å²) in [5.74, 6) is 0.681. The minimum absolute atomic E-state index is 0.420. The van der Waals surface area contributed by atoms with Crippen LogP contribution in [0.1, 0.15) is 11.3 Å². The van der Waals surface area contributed by atoms with Crippen molar-refractivity contribution in [3.63, 3.8) is 0 Å². The van der Waals surface area contributed by atoms with E-state index in [1.54, 1.807) is 6.07 Å². The third kappa shape index (κ3) is 3.45. The summed E-state index contributed by atoms with van der Waals surface area (Å²) in [6.07, 6.45) is 1.85. The summed E-state index contributed by atoms with van der Waals surface area (Å²) in [7, 11) is 1.91. The fraction of sp³-hybridized carbons (Fsp3) is 0.214. The topological polar surface area (TPSA) is 34.1 Å². The van der Waals surface area contributed by atoms with Gasteiger partial charge in [-0.1, -0.05) is 29.8 Å². The molecule has 1 aromatic heterocycles. The fourth-order valence-corrected chi connectivity index (χ4v) is 1.75. The molecule has 94 valence electrons. The second-order valence-corrected chi connectivity index (χ2v) is 4.31. The Labute approximate surface area is 112 Å². The van der Waals surface area contributed by atoms with Crippen molar-refractivity contribution >= 4 is 11.6 Å². The first-order chi connectivity index (χ1) is 8.79. The molecule has 1 heterocycles. The van der Waals surface area contributed by atoms with E-state index in [1.165, 1.54) is 0 Å². The Balaban J connectivity index is 1.96. The Bertz CT molecular complexity index is 499. The van der Waals surface area contributed by atoms with Gasteiger partial charge in [-0.15, -0.1) is 0 Å². The van der Waals surface area contributed by atoms with Gasteiger partial charge >= 0.3 is 0 Å². The molecule has 4 heteroatoms. The summed E-state index contributed by atoms with van der Waals surface area (Å²) in [5.41, 5.74) is 2.04. The van der Waals surface area contributed by atoms with Crippen LogP contribution in [0.2, 0.25) is 5.02 Å². The first-order valence-electron chi connectivity index (χ1n) is 5.75. The van der Waals surface area contributed by atoms with Gasteiger partial charge in [0, 0.05) is 12.7 Å². The van der Waals surface area contributed by atoms with Crippen LogP contribution in [0, 0.1) is 0 Å². The van der Waals surface area contributed by atoms with E-state index in [4.69, 9.17) is 16.3 Å². The van der Waals surface area contributed by atoms with E-state index in [1.807, 2.05) is 43.6 Å². The van der Waals surface area contributed by atoms with Crippen molar-refractivity contribution < 1.29 is 4.74 Å². The van der Waals surface area contributed by atoms with E-state index in [0.29, 0.717) is 17.4 Å². The quantitative estimate of drug-likeness (QED) is 0.899. The molecule has 3 nitrogen and oxygen atoms in total. The number of hydrogen-bond acceptors (Lipinski definition) is 3. The molecule has 0 radical (unpaired) electrons. The average molecular weight is 263 g/mol. The van der Waals surface area contributed by atoms with Gasteiger partial charge in [0.25, 0.3) is 0 Å². The van der Waals surface area contributed by atoms with Crippen molar-refractivity contribution in [1.29, 1.82) is 0 Å². The SMILES string of the molecule is CNCc1ccc(COc2ccccc2Cl)nc1. The number of hydrogen-bond donors (Lipinski definition) is 1. The molecule has 0 spiro atoms. The molecule has 1 aromatic carbocycles. The number of halogens is 1. The maximum absolute atomic E-state index is 6.00. The highest BCUT2D eigenvalue weighted by atomic mass is 35.5. The average Bonchev–Trinajstić information content (AvgIpc) is 2.40. The zero-order chi connectivity index (χ0) is 12.8. The minimum atomic E-state index is 0.420. The van der Waals surface area contributed by atoms with Gasteiger partial charge < -0.3 is 10.1 Å². The number of benzene rings is 1. The van der Waals surface area contributed by atoms with Gasteiger partial charge in [0.2, 0.25) is 0 Å².